The van der Waals surface area contributed by atoms with E-state index in [9.17, 15) is 0 Å². The molecule has 0 saturated heterocycles. The normalized spacial score (nSPS) is 11.1. The van der Waals surface area contributed by atoms with Gasteiger partial charge in [0.15, 0.2) is 11.5 Å². The summed E-state index contributed by atoms with van der Waals surface area (Å²) in [6.45, 7) is 2.81. The summed E-state index contributed by atoms with van der Waals surface area (Å²) in [5.74, 6) is 0.887. The summed E-state index contributed by atoms with van der Waals surface area (Å²) in [5.41, 5.74) is 2.13. The molecule has 0 amide bonds. The van der Waals surface area contributed by atoms with E-state index in [1.54, 1.807) is 7.11 Å². The first kappa shape index (κ1) is 10.1. The Bertz CT molecular complexity index is 450. The lowest BCUT2D eigenvalue weighted by Gasteiger charge is -1.93. The molecule has 0 aliphatic carbocycles. The largest absolute Gasteiger partial charge is 0.385 e. The lowest BCUT2D eigenvalue weighted by molar-refractivity contribution is 0.194. The fraction of sp³-hybridized carbons (Fsp3) is 0.455. The van der Waals surface area contributed by atoms with Crippen molar-refractivity contribution in [2.24, 2.45) is 0 Å². The van der Waals surface area contributed by atoms with Crippen molar-refractivity contribution in [3.8, 4) is 0 Å². The van der Waals surface area contributed by atoms with E-state index in [4.69, 9.17) is 4.74 Å². The molecule has 80 valence electrons. The number of pyridine rings is 1. The number of rotatable bonds is 4. The zero-order valence-corrected chi connectivity index (χ0v) is 9.10. The SMILES string of the molecule is COCCCc1nc2cc(C)ccn2n1. The van der Waals surface area contributed by atoms with Crippen LogP contribution in [0.25, 0.3) is 5.65 Å². The van der Waals surface area contributed by atoms with Crippen LogP contribution in [0.2, 0.25) is 0 Å². The number of ether oxygens (including phenoxy) is 1. The lowest BCUT2D eigenvalue weighted by atomic mass is 10.3. The molecule has 2 aromatic heterocycles. The van der Waals surface area contributed by atoms with E-state index >= 15 is 0 Å². The third-order valence-electron chi connectivity index (χ3n) is 2.29. The van der Waals surface area contributed by atoms with Gasteiger partial charge in [0.25, 0.3) is 0 Å². The lowest BCUT2D eigenvalue weighted by Crippen LogP contribution is -1.94. The van der Waals surface area contributed by atoms with Gasteiger partial charge in [-0.2, -0.15) is 5.10 Å². The van der Waals surface area contributed by atoms with Gasteiger partial charge in [0.2, 0.25) is 0 Å². The van der Waals surface area contributed by atoms with E-state index in [1.165, 1.54) is 5.56 Å². The Kier molecular flexibility index (Phi) is 2.97. The van der Waals surface area contributed by atoms with E-state index in [-0.39, 0.29) is 0 Å². The average molecular weight is 205 g/mol. The molecule has 0 unspecified atom stereocenters. The molecule has 0 aliphatic heterocycles. The maximum absolute atomic E-state index is 4.99. The number of aromatic nitrogens is 3. The molecule has 2 rings (SSSR count). The van der Waals surface area contributed by atoms with Crippen LogP contribution in [0.3, 0.4) is 0 Å². The molecule has 0 saturated carbocycles. The third kappa shape index (κ3) is 2.33. The number of aryl methyl sites for hydroxylation is 2. The molecule has 0 N–H and O–H groups in total. The molecule has 0 aliphatic rings. The zero-order chi connectivity index (χ0) is 10.7. The number of hydrogen-bond acceptors (Lipinski definition) is 3. The zero-order valence-electron chi connectivity index (χ0n) is 9.10. The minimum Gasteiger partial charge on any atom is -0.385 e. The Hall–Kier alpha value is -1.42. The summed E-state index contributed by atoms with van der Waals surface area (Å²) in [6, 6.07) is 4.06. The van der Waals surface area contributed by atoms with Crippen LogP contribution < -0.4 is 0 Å². The van der Waals surface area contributed by atoms with Crippen molar-refractivity contribution in [3.63, 3.8) is 0 Å². The minimum absolute atomic E-state index is 0.759. The molecular weight excluding hydrogens is 190 g/mol. The Morgan fingerprint density at radius 3 is 3.13 bits per heavy atom. The molecule has 0 fully saturated rings. The first-order valence-electron chi connectivity index (χ1n) is 5.10. The van der Waals surface area contributed by atoms with Gasteiger partial charge in [-0.05, 0) is 31.0 Å². The number of hydrogen-bond donors (Lipinski definition) is 0. The van der Waals surface area contributed by atoms with Crippen LogP contribution in [0.4, 0.5) is 0 Å². The second-order valence-electron chi connectivity index (χ2n) is 3.63. The molecule has 2 aromatic rings. The molecule has 0 bridgehead atoms. The van der Waals surface area contributed by atoms with Gasteiger partial charge in [-0.15, -0.1) is 0 Å². The Labute approximate surface area is 88.9 Å². The molecule has 15 heavy (non-hydrogen) atoms. The van der Waals surface area contributed by atoms with E-state index < -0.39 is 0 Å². The quantitative estimate of drug-likeness (QED) is 0.712. The molecule has 4 nitrogen and oxygen atoms in total. The Morgan fingerprint density at radius 2 is 2.33 bits per heavy atom. The monoisotopic (exact) mass is 205 g/mol. The third-order valence-corrected chi connectivity index (χ3v) is 2.29. The van der Waals surface area contributed by atoms with Crippen LogP contribution in [0.5, 0.6) is 0 Å². The van der Waals surface area contributed by atoms with Crippen molar-refractivity contribution in [1.29, 1.82) is 0 Å². The van der Waals surface area contributed by atoms with Gasteiger partial charge in [0.05, 0.1) is 0 Å². The van der Waals surface area contributed by atoms with Crippen LogP contribution in [-0.4, -0.2) is 28.3 Å². The summed E-state index contributed by atoms with van der Waals surface area (Å²) < 4.78 is 6.81. The summed E-state index contributed by atoms with van der Waals surface area (Å²) in [5, 5.41) is 4.38. The summed E-state index contributed by atoms with van der Waals surface area (Å²) in [7, 11) is 1.71. The summed E-state index contributed by atoms with van der Waals surface area (Å²) >= 11 is 0. The van der Waals surface area contributed by atoms with E-state index in [0.717, 1.165) is 30.9 Å². The van der Waals surface area contributed by atoms with Gasteiger partial charge in [-0.1, -0.05) is 0 Å². The maximum Gasteiger partial charge on any atom is 0.155 e. The molecule has 0 radical (unpaired) electrons. The highest BCUT2D eigenvalue weighted by molar-refractivity contribution is 5.39. The van der Waals surface area contributed by atoms with Crippen LogP contribution in [0.15, 0.2) is 18.3 Å². The second kappa shape index (κ2) is 4.40. The number of fused-ring (bicyclic) bond motifs is 1. The van der Waals surface area contributed by atoms with E-state index in [2.05, 4.69) is 17.0 Å². The Balaban J connectivity index is 2.16. The van der Waals surface area contributed by atoms with Crippen molar-refractivity contribution in [2.75, 3.05) is 13.7 Å². The maximum atomic E-state index is 4.99. The first-order chi connectivity index (χ1) is 7.29. The van der Waals surface area contributed by atoms with Crippen LogP contribution in [0, 0.1) is 6.92 Å². The Morgan fingerprint density at radius 1 is 1.47 bits per heavy atom. The van der Waals surface area contributed by atoms with Gasteiger partial charge < -0.3 is 4.74 Å². The number of nitrogens with zero attached hydrogens (tertiary/aromatic N) is 3. The fourth-order valence-corrected chi connectivity index (χ4v) is 1.51. The average Bonchev–Trinajstić information content (AvgIpc) is 2.60. The van der Waals surface area contributed by atoms with E-state index in [1.807, 2.05) is 22.8 Å². The van der Waals surface area contributed by atoms with Gasteiger partial charge in [-0.25, -0.2) is 9.50 Å². The first-order valence-corrected chi connectivity index (χ1v) is 5.10. The molecule has 0 aromatic carbocycles. The minimum atomic E-state index is 0.759. The van der Waals surface area contributed by atoms with Crippen LogP contribution in [0.1, 0.15) is 17.8 Å². The van der Waals surface area contributed by atoms with Gasteiger partial charge in [-0.3, -0.25) is 0 Å². The number of methoxy groups -OCH3 is 1. The van der Waals surface area contributed by atoms with Crippen molar-refractivity contribution in [2.45, 2.75) is 19.8 Å². The molecular formula is C11H15N3O. The fourth-order valence-electron chi connectivity index (χ4n) is 1.51. The second-order valence-corrected chi connectivity index (χ2v) is 3.63. The molecule has 4 heteroatoms. The highest BCUT2D eigenvalue weighted by Gasteiger charge is 2.02. The van der Waals surface area contributed by atoms with Crippen molar-refractivity contribution in [3.05, 3.63) is 29.7 Å². The summed E-state index contributed by atoms with van der Waals surface area (Å²) in [6.07, 6.45) is 3.78. The van der Waals surface area contributed by atoms with Crippen molar-refractivity contribution in [1.82, 2.24) is 14.6 Å². The summed E-state index contributed by atoms with van der Waals surface area (Å²) in [4.78, 5) is 4.44. The molecule has 0 atom stereocenters. The standard InChI is InChI=1S/C11H15N3O/c1-9-5-6-14-11(8-9)12-10(13-14)4-3-7-15-2/h5-6,8H,3-4,7H2,1-2H3. The van der Waals surface area contributed by atoms with Crippen LogP contribution >= 0.6 is 0 Å². The smallest absolute Gasteiger partial charge is 0.155 e. The van der Waals surface area contributed by atoms with Gasteiger partial charge in [0.1, 0.15) is 0 Å². The predicted molar refractivity (Wildman–Crippen MR) is 57.9 cm³/mol. The van der Waals surface area contributed by atoms with Crippen molar-refractivity contribution < 1.29 is 4.74 Å². The van der Waals surface area contributed by atoms with Gasteiger partial charge in [0, 0.05) is 26.3 Å². The highest BCUT2D eigenvalue weighted by atomic mass is 16.5. The highest BCUT2D eigenvalue weighted by Crippen LogP contribution is 2.05. The topological polar surface area (TPSA) is 39.4 Å². The van der Waals surface area contributed by atoms with E-state index in [0.29, 0.717) is 0 Å². The molecule has 2 heterocycles. The molecule has 0 spiro atoms. The predicted octanol–water partition coefficient (Wildman–Crippen LogP) is 1.62. The van der Waals surface area contributed by atoms with Crippen LogP contribution in [-0.2, 0) is 11.2 Å². The van der Waals surface area contributed by atoms with Gasteiger partial charge >= 0.3 is 0 Å². The van der Waals surface area contributed by atoms with Crippen molar-refractivity contribution >= 4 is 5.65 Å².